The highest BCUT2D eigenvalue weighted by atomic mass is 16.3. The van der Waals surface area contributed by atoms with Crippen LogP contribution >= 0.6 is 0 Å². The molecule has 2 amide bonds. The van der Waals surface area contributed by atoms with Gasteiger partial charge in [0.1, 0.15) is 0 Å². The number of carbonyl (C=O) groups excluding carboxylic acids is 1. The van der Waals surface area contributed by atoms with E-state index in [4.69, 9.17) is 5.11 Å². The average molecular weight is 242 g/mol. The molecule has 3 N–H and O–H groups in total. The summed E-state index contributed by atoms with van der Waals surface area (Å²) in [5, 5.41) is 14.9. The Morgan fingerprint density at radius 3 is 2.71 bits per heavy atom. The van der Waals surface area contributed by atoms with Crippen LogP contribution in [0.25, 0.3) is 0 Å². The zero-order chi connectivity index (χ0) is 12.9. The maximum absolute atomic E-state index is 11.8. The van der Waals surface area contributed by atoms with Crippen molar-refractivity contribution in [2.75, 3.05) is 6.61 Å². The van der Waals surface area contributed by atoms with Crippen molar-refractivity contribution in [1.82, 2.24) is 10.6 Å². The van der Waals surface area contributed by atoms with Crippen molar-refractivity contribution in [2.24, 2.45) is 5.41 Å². The number of rotatable bonds is 5. The Hall–Kier alpha value is -0.770. The van der Waals surface area contributed by atoms with Crippen LogP contribution in [0.2, 0.25) is 0 Å². The van der Waals surface area contributed by atoms with E-state index in [1.165, 1.54) is 12.8 Å². The van der Waals surface area contributed by atoms with Crippen LogP contribution in [0.3, 0.4) is 0 Å². The topological polar surface area (TPSA) is 61.4 Å². The minimum atomic E-state index is -0.0923. The van der Waals surface area contributed by atoms with Crippen LogP contribution < -0.4 is 10.6 Å². The molecule has 1 aliphatic carbocycles. The van der Waals surface area contributed by atoms with Gasteiger partial charge in [-0.1, -0.05) is 27.2 Å². The molecule has 2 unspecified atom stereocenters. The van der Waals surface area contributed by atoms with Crippen molar-refractivity contribution >= 4 is 6.03 Å². The normalized spacial score (nSPS) is 24.4. The standard InChI is InChI=1S/C13H26N2O2/c1-4-10(7-9-16)14-12(17)15-11-6-5-8-13(11,2)3/h10-11,16H,4-9H2,1-3H3,(H2,14,15,17). The number of amides is 2. The Bertz CT molecular complexity index is 254. The molecule has 0 spiro atoms. The predicted octanol–water partition coefficient (Wildman–Crippen LogP) is 2.03. The van der Waals surface area contributed by atoms with E-state index in [2.05, 4.69) is 24.5 Å². The van der Waals surface area contributed by atoms with Gasteiger partial charge in [-0.05, 0) is 31.1 Å². The number of carbonyl (C=O) groups is 1. The molecule has 1 fully saturated rings. The minimum Gasteiger partial charge on any atom is -0.396 e. The van der Waals surface area contributed by atoms with Crippen LogP contribution in [0.5, 0.6) is 0 Å². The van der Waals surface area contributed by atoms with Crippen molar-refractivity contribution in [2.45, 2.75) is 65.0 Å². The third-order valence-corrected chi connectivity index (χ3v) is 3.87. The number of nitrogens with one attached hydrogen (secondary N) is 2. The highest BCUT2D eigenvalue weighted by Gasteiger charge is 2.35. The van der Waals surface area contributed by atoms with Gasteiger partial charge in [0.2, 0.25) is 0 Å². The molecule has 100 valence electrons. The Kier molecular flexibility index (Phi) is 5.25. The first kappa shape index (κ1) is 14.3. The van der Waals surface area contributed by atoms with Crippen molar-refractivity contribution in [3.63, 3.8) is 0 Å². The van der Waals surface area contributed by atoms with Gasteiger partial charge >= 0.3 is 6.03 Å². The zero-order valence-electron chi connectivity index (χ0n) is 11.3. The van der Waals surface area contributed by atoms with Crippen LogP contribution in [0.4, 0.5) is 4.79 Å². The van der Waals surface area contributed by atoms with Gasteiger partial charge in [-0.25, -0.2) is 4.79 Å². The van der Waals surface area contributed by atoms with Gasteiger partial charge in [0, 0.05) is 18.7 Å². The van der Waals surface area contributed by atoms with Gasteiger partial charge in [-0.3, -0.25) is 0 Å². The van der Waals surface area contributed by atoms with Crippen molar-refractivity contribution < 1.29 is 9.90 Å². The smallest absolute Gasteiger partial charge is 0.315 e. The van der Waals surface area contributed by atoms with E-state index in [-0.39, 0.29) is 30.1 Å². The highest BCUT2D eigenvalue weighted by molar-refractivity contribution is 5.74. The monoisotopic (exact) mass is 242 g/mol. The van der Waals surface area contributed by atoms with Crippen LogP contribution in [-0.2, 0) is 0 Å². The van der Waals surface area contributed by atoms with Crippen LogP contribution in [0.1, 0.15) is 52.9 Å². The molecule has 0 aliphatic heterocycles. The summed E-state index contributed by atoms with van der Waals surface area (Å²) in [6.45, 7) is 6.54. The Morgan fingerprint density at radius 1 is 1.53 bits per heavy atom. The molecule has 0 aromatic carbocycles. The fourth-order valence-electron chi connectivity index (χ4n) is 2.51. The molecule has 4 nitrogen and oxygen atoms in total. The molecule has 1 saturated carbocycles. The van der Waals surface area contributed by atoms with Gasteiger partial charge in [-0.2, -0.15) is 0 Å². The fraction of sp³-hybridized carbons (Fsp3) is 0.923. The summed E-state index contributed by atoms with van der Waals surface area (Å²) in [5.41, 5.74) is 0.204. The largest absolute Gasteiger partial charge is 0.396 e. The van der Waals surface area contributed by atoms with Gasteiger partial charge in [-0.15, -0.1) is 0 Å². The van der Waals surface area contributed by atoms with E-state index < -0.39 is 0 Å². The molecule has 1 rings (SSSR count). The second kappa shape index (κ2) is 6.24. The van der Waals surface area contributed by atoms with E-state index in [1.54, 1.807) is 0 Å². The number of aliphatic hydroxyl groups is 1. The first-order chi connectivity index (χ1) is 7.99. The minimum absolute atomic E-state index is 0.0736. The second-order valence-corrected chi connectivity index (χ2v) is 5.67. The van der Waals surface area contributed by atoms with E-state index in [1.807, 2.05) is 6.92 Å². The van der Waals surface area contributed by atoms with Gasteiger partial charge < -0.3 is 15.7 Å². The summed E-state index contributed by atoms with van der Waals surface area (Å²) >= 11 is 0. The van der Waals surface area contributed by atoms with Gasteiger partial charge in [0.25, 0.3) is 0 Å². The maximum atomic E-state index is 11.8. The van der Waals surface area contributed by atoms with Crippen molar-refractivity contribution in [1.29, 1.82) is 0 Å². The molecule has 1 aliphatic rings. The lowest BCUT2D eigenvalue weighted by atomic mass is 9.87. The Labute approximate surface area is 104 Å². The second-order valence-electron chi connectivity index (χ2n) is 5.67. The van der Waals surface area contributed by atoms with E-state index in [0.717, 1.165) is 12.8 Å². The third kappa shape index (κ3) is 4.19. The predicted molar refractivity (Wildman–Crippen MR) is 68.9 cm³/mol. The molecule has 0 bridgehead atoms. The molecular formula is C13H26N2O2. The summed E-state index contributed by atoms with van der Waals surface area (Å²) in [4.78, 5) is 11.8. The summed E-state index contributed by atoms with van der Waals surface area (Å²) in [6.07, 6.45) is 4.90. The lowest BCUT2D eigenvalue weighted by Gasteiger charge is -2.28. The Morgan fingerprint density at radius 2 is 2.24 bits per heavy atom. The van der Waals surface area contributed by atoms with Crippen molar-refractivity contribution in [3.8, 4) is 0 Å². The SMILES string of the molecule is CCC(CCO)NC(=O)NC1CCCC1(C)C. The van der Waals surface area contributed by atoms with Crippen LogP contribution in [0.15, 0.2) is 0 Å². The first-order valence-electron chi connectivity index (χ1n) is 6.67. The maximum Gasteiger partial charge on any atom is 0.315 e. The molecule has 2 atom stereocenters. The molecule has 0 aromatic rings. The lowest BCUT2D eigenvalue weighted by molar-refractivity contribution is 0.212. The average Bonchev–Trinajstić information content (AvgIpc) is 2.57. The molecule has 4 heteroatoms. The summed E-state index contributed by atoms with van der Waals surface area (Å²) in [5.74, 6) is 0. The summed E-state index contributed by atoms with van der Waals surface area (Å²) < 4.78 is 0. The summed E-state index contributed by atoms with van der Waals surface area (Å²) in [7, 11) is 0. The lowest BCUT2D eigenvalue weighted by Crippen LogP contribution is -2.49. The molecule has 0 saturated heterocycles. The summed E-state index contributed by atoms with van der Waals surface area (Å²) in [6, 6.07) is 0.254. The van der Waals surface area contributed by atoms with E-state index in [9.17, 15) is 4.79 Å². The van der Waals surface area contributed by atoms with E-state index >= 15 is 0 Å². The quantitative estimate of drug-likeness (QED) is 0.690. The van der Waals surface area contributed by atoms with Gasteiger partial charge in [0.05, 0.1) is 0 Å². The Balaban J connectivity index is 2.38. The number of aliphatic hydroxyl groups excluding tert-OH is 1. The van der Waals surface area contributed by atoms with Crippen molar-refractivity contribution in [3.05, 3.63) is 0 Å². The molecule has 0 radical (unpaired) electrons. The number of urea groups is 1. The van der Waals surface area contributed by atoms with Crippen LogP contribution in [0, 0.1) is 5.41 Å². The molecule has 17 heavy (non-hydrogen) atoms. The molecule has 0 heterocycles. The number of hydrogen-bond acceptors (Lipinski definition) is 2. The first-order valence-corrected chi connectivity index (χ1v) is 6.67. The fourth-order valence-corrected chi connectivity index (χ4v) is 2.51. The van der Waals surface area contributed by atoms with Gasteiger partial charge in [0.15, 0.2) is 0 Å². The highest BCUT2D eigenvalue weighted by Crippen LogP contribution is 2.37. The molecular weight excluding hydrogens is 216 g/mol. The van der Waals surface area contributed by atoms with Crippen LogP contribution in [-0.4, -0.2) is 29.8 Å². The third-order valence-electron chi connectivity index (χ3n) is 3.87. The molecule has 0 aromatic heterocycles. The van der Waals surface area contributed by atoms with E-state index in [0.29, 0.717) is 6.42 Å². The number of hydrogen-bond donors (Lipinski definition) is 3. The zero-order valence-corrected chi connectivity index (χ0v) is 11.3.